The number of nitrogens with zero attached hydrogens (tertiary/aromatic N) is 1. The van der Waals surface area contributed by atoms with E-state index < -0.39 is 14.3 Å². The summed E-state index contributed by atoms with van der Waals surface area (Å²) < 4.78 is 6.43. The van der Waals surface area contributed by atoms with Crippen molar-refractivity contribution in [2.24, 2.45) is 5.92 Å². The molecule has 0 spiro atoms. The standard InChI is InChI=1S/C19H29NO4SSi/c1-13(24-26(5,6)19(2,3)4)16-17(23)20(12-15(21)22)18(16)25-14-10-8-7-9-11-14/h7-11,13,16,18H,12H2,1-6H3,(H,21,22)/t13-,16?,18?/m1/s1. The van der Waals surface area contributed by atoms with Crippen molar-refractivity contribution in [3.63, 3.8) is 0 Å². The van der Waals surface area contributed by atoms with Crippen molar-refractivity contribution in [3.05, 3.63) is 30.3 Å². The number of carboxylic acid groups (broad SMARTS) is 1. The number of likely N-dealkylation sites (tertiary alicyclic amines) is 1. The SMILES string of the molecule is C[C@@H](O[Si](C)(C)C(C)(C)C)C1C(=O)N(CC(=O)O)C1Sc1ccccc1. The van der Waals surface area contributed by atoms with Crippen LogP contribution in [0.5, 0.6) is 0 Å². The summed E-state index contributed by atoms with van der Waals surface area (Å²) in [5, 5.41) is 8.97. The third-order valence-corrected chi connectivity index (χ3v) is 11.2. The summed E-state index contributed by atoms with van der Waals surface area (Å²) in [4.78, 5) is 26.3. The third-order valence-electron chi connectivity index (χ3n) is 5.28. The lowest BCUT2D eigenvalue weighted by atomic mass is 9.93. The van der Waals surface area contributed by atoms with Crippen LogP contribution in [0.2, 0.25) is 18.1 Å². The van der Waals surface area contributed by atoms with Crippen LogP contribution in [0.25, 0.3) is 0 Å². The topological polar surface area (TPSA) is 66.8 Å². The quantitative estimate of drug-likeness (QED) is 0.557. The molecular formula is C19H29NO4SSi. The van der Waals surface area contributed by atoms with E-state index in [1.165, 1.54) is 16.7 Å². The summed E-state index contributed by atoms with van der Waals surface area (Å²) in [6.45, 7) is 12.5. The Labute approximate surface area is 161 Å². The van der Waals surface area contributed by atoms with E-state index in [-0.39, 0.29) is 34.9 Å². The Kier molecular flexibility index (Phi) is 6.25. The average Bonchev–Trinajstić information content (AvgIpc) is 2.51. The highest BCUT2D eigenvalue weighted by Gasteiger charge is 2.53. The number of carbonyl (C=O) groups is 2. The van der Waals surface area contributed by atoms with Crippen LogP contribution in [0.3, 0.4) is 0 Å². The molecule has 1 aliphatic rings. The first kappa shape index (κ1) is 21.0. The van der Waals surface area contributed by atoms with Gasteiger partial charge in [-0.25, -0.2) is 0 Å². The van der Waals surface area contributed by atoms with Gasteiger partial charge in [-0.2, -0.15) is 0 Å². The molecule has 7 heteroatoms. The summed E-state index contributed by atoms with van der Waals surface area (Å²) >= 11 is 1.53. The molecule has 1 amide bonds. The highest BCUT2D eigenvalue weighted by molar-refractivity contribution is 8.00. The molecule has 1 heterocycles. The van der Waals surface area contributed by atoms with Gasteiger partial charge >= 0.3 is 5.97 Å². The minimum Gasteiger partial charge on any atom is -0.480 e. The fourth-order valence-electron chi connectivity index (χ4n) is 2.79. The molecule has 2 unspecified atom stereocenters. The number of benzene rings is 1. The van der Waals surface area contributed by atoms with Gasteiger partial charge in [0.1, 0.15) is 6.54 Å². The van der Waals surface area contributed by atoms with E-state index >= 15 is 0 Å². The van der Waals surface area contributed by atoms with Crippen molar-refractivity contribution in [2.45, 2.75) is 62.2 Å². The molecule has 1 aliphatic heterocycles. The van der Waals surface area contributed by atoms with Gasteiger partial charge in [-0.3, -0.25) is 9.59 Å². The molecule has 0 aromatic heterocycles. The second-order valence-electron chi connectivity index (χ2n) is 8.29. The zero-order valence-electron chi connectivity index (χ0n) is 16.4. The summed E-state index contributed by atoms with van der Waals surface area (Å²) in [7, 11) is -2.01. The molecule has 0 saturated carbocycles. The molecule has 1 saturated heterocycles. The maximum Gasteiger partial charge on any atom is 0.323 e. The molecule has 26 heavy (non-hydrogen) atoms. The molecule has 1 aromatic rings. The van der Waals surface area contributed by atoms with E-state index in [4.69, 9.17) is 9.53 Å². The summed E-state index contributed by atoms with van der Waals surface area (Å²) in [6, 6.07) is 9.77. The number of carboxylic acids is 1. The van der Waals surface area contributed by atoms with Crippen LogP contribution < -0.4 is 0 Å². The van der Waals surface area contributed by atoms with E-state index in [2.05, 4.69) is 33.9 Å². The monoisotopic (exact) mass is 395 g/mol. The number of amides is 1. The Bertz CT molecular complexity index is 659. The fraction of sp³-hybridized carbons (Fsp3) is 0.579. The predicted octanol–water partition coefficient (Wildman–Crippen LogP) is 4.06. The zero-order chi connectivity index (χ0) is 19.7. The van der Waals surface area contributed by atoms with Crippen molar-refractivity contribution >= 4 is 32.0 Å². The molecule has 1 fully saturated rings. The number of hydrogen-bond donors (Lipinski definition) is 1. The van der Waals surface area contributed by atoms with E-state index in [1.807, 2.05) is 37.3 Å². The van der Waals surface area contributed by atoms with Gasteiger partial charge in [-0.15, -0.1) is 11.8 Å². The van der Waals surface area contributed by atoms with Gasteiger partial charge in [-0.05, 0) is 37.2 Å². The first-order valence-electron chi connectivity index (χ1n) is 8.86. The van der Waals surface area contributed by atoms with Crippen molar-refractivity contribution in [1.29, 1.82) is 0 Å². The van der Waals surface area contributed by atoms with Gasteiger partial charge in [0.2, 0.25) is 5.91 Å². The smallest absolute Gasteiger partial charge is 0.323 e. The van der Waals surface area contributed by atoms with Crippen LogP contribution in [-0.4, -0.2) is 48.2 Å². The summed E-state index contributed by atoms with van der Waals surface area (Å²) in [6.07, 6.45) is -0.241. The van der Waals surface area contributed by atoms with E-state index in [1.54, 1.807) is 0 Å². The molecule has 144 valence electrons. The molecule has 2 rings (SSSR count). The fourth-order valence-corrected chi connectivity index (χ4v) is 5.60. The number of rotatable bonds is 7. The lowest BCUT2D eigenvalue weighted by molar-refractivity contribution is -0.162. The number of hydrogen-bond acceptors (Lipinski definition) is 4. The van der Waals surface area contributed by atoms with Gasteiger partial charge in [-0.1, -0.05) is 39.0 Å². The van der Waals surface area contributed by atoms with Gasteiger partial charge in [0.25, 0.3) is 0 Å². The Morgan fingerprint density at radius 2 is 1.88 bits per heavy atom. The van der Waals surface area contributed by atoms with Gasteiger partial charge in [0.05, 0.1) is 17.4 Å². The van der Waals surface area contributed by atoms with Gasteiger partial charge in [0, 0.05) is 4.90 Å². The van der Waals surface area contributed by atoms with E-state index in [0.717, 1.165) is 4.90 Å². The van der Waals surface area contributed by atoms with Gasteiger partial charge < -0.3 is 14.4 Å². The minimum atomic E-state index is -2.01. The van der Waals surface area contributed by atoms with Crippen molar-refractivity contribution in [2.75, 3.05) is 6.54 Å². The van der Waals surface area contributed by atoms with Crippen LogP contribution in [-0.2, 0) is 14.0 Å². The van der Waals surface area contributed by atoms with Crippen LogP contribution in [0.1, 0.15) is 27.7 Å². The molecule has 0 bridgehead atoms. The predicted molar refractivity (Wildman–Crippen MR) is 107 cm³/mol. The Hall–Kier alpha value is -1.31. The Morgan fingerprint density at radius 1 is 1.31 bits per heavy atom. The first-order chi connectivity index (χ1) is 11.9. The van der Waals surface area contributed by atoms with Crippen LogP contribution in [0.4, 0.5) is 0 Å². The highest BCUT2D eigenvalue weighted by Crippen LogP contribution is 2.44. The van der Waals surface area contributed by atoms with Crippen molar-refractivity contribution in [1.82, 2.24) is 4.90 Å². The molecule has 1 N–H and O–H groups in total. The largest absolute Gasteiger partial charge is 0.480 e. The third kappa shape index (κ3) is 4.50. The maximum atomic E-state index is 12.7. The number of thioether (sulfide) groups is 1. The molecular weight excluding hydrogens is 366 g/mol. The normalized spacial score (nSPS) is 22.1. The molecule has 3 atom stereocenters. The first-order valence-corrected chi connectivity index (χ1v) is 12.6. The van der Waals surface area contributed by atoms with Gasteiger partial charge in [0.15, 0.2) is 8.32 Å². The number of β-lactam (4-membered cyclic amide) rings is 1. The minimum absolute atomic E-state index is 0.0525. The lowest BCUT2D eigenvalue weighted by Crippen LogP contribution is -2.65. The zero-order valence-corrected chi connectivity index (χ0v) is 18.2. The van der Waals surface area contributed by atoms with Crippen LogP contribution >= 0.6 is 11.8 Å². The van der Waals surface area contributed by atoms with Crippen molar-refractivity contribution in [3.8, 4) is 0 Å². The average molecular weight is 396 g/mol. The highest BCUT2D eigenvalue weighted by atomic mass is 32.2. The number of carbonyl (C=O) groups excluding carboxylic acids is 1. The molecule has 5 nitrogen and oxygen atoms in total. The molecule has 0 aliphatic carbocycles. The summed E-state index contributed by atoms with van der Waals surface area (Å²) in [5.41, 5.74) is 0. The second-order valence-corrected chi connectivity index (χ2v) is 14.2. The number of aliphatic carboxylic acids is 1. The molecule has 1 aromatic carbocycles. The maximum absolute atomic E-state index is 12.7. The van der Waals surface area contributed by atoms with E-state index in [0.29, 0.717) is 0 Å². The van der Waals surface area contributed by atoms with Crippen LogP contribution in [0.15, 0.2) is 35.2 Å². The van der Waals surface area contributed by atoms with Crippen LogP contribution in [0, 0.1) is 5.92 Å². The molecule has 0 radical (unpaired) electrons. The second kappa shape index (κ2) is 7.74. The van der Waals surface area contributed by atoms with Crippen molar-refractivity contribution < 1.29 is 19.1 Å². The lowest BCUT2D eigenvalue weighted by Gasteiger charge is -2.50. The Morgan fingerprint density at radius 3 is 2.38 bits per heavy atom. The Balaban J connectivity index is 2.19. The van der Waals surface area contributed by atoms with E-state index in [9.17, 15) is 9.59 Å². The summed E-state index contributed by atoms with van der Waals surface area (Å²) in [5.74, 6) is -1.45.